The number of rotatable bonds is 2. The molecule has 0 fully saturated rings. The third-order valence-corrected chi connectivity index (χ3v) is 0.577. The van der Waals surface area contributed by atoms with Gasteiger partial charge in [0.2, 0.25) is 0 Å². The van der Waals surface area contributed by atoms with Gasteiger partial charge in [0.25, 0.3) is 0 Å². The van der Waals surface area contributed by atoms with Gasteiger partial charge in [-0.25, -0.2) is 0 Å². The fraction of sp³-hybridized carbons (Fsp3) is 0.667. The van der Waals surface area contributed by atoms with Crippen LogP contribution in [0.25, 0.3) is 0 Å². The summed E-state index contributed by atoms with van der Waals surface area (Å²) in [4.78, 5) is 18.5. The van der Waals surface area contributed by atoms with Crippen molar-refractivity contribution in [3.05, 3.63) is 0 Å². The van der Waals surface area contributed by atoms with Crippen molar-refractivity contribution in [3.63, 3.8) is 0 Å². The summed E-state index contributed by atoms with van der Waals surface area (Å²) in [6.07, 6.45) is 0.222. The summed E-state index contributed by atoms with van der Waals surface area (Å²) in [5.41, 5.74) is 0. The summed E-state index contributed by atoms with van der Waals surface area (Å²) in [5.74, 6) is -1.99. The number of hydrogen-bond acceptors (Lipinski definition) is 4. The summed E-state index contributed by atoms with van der Waals surface area (Å²) in [6.45, 7) is 3.07. The SMILES string of the molecule is CCC(=O)[O-].CCC(=O)[O-].[K+].[K+]. The predicted octanol–water partition coefficient (Wildman–Crippen LogP) is -7.70. The second-order valence-corrected chi connectivity index (χ2v) is 1.45. The molecule has 0 aliphatic heterocycles. The van der Waals surface area contributed by atoms with Gasteiger partial charge in [-0.2, -0.15) is 0 Å². The molecule has 0 atom stereocenters. The molecule has 0 aromatic carbocycles. The number of carbonyl (C=O) groups is 2. The minimum atomic E-state index is -0.995. The second kappa shape index (κ2) is 18.9. The minimum absolute atomic E-state index is 0. The number of carbonyl (C=O) groups excluding carboxylic acids is 2. The van der Waals surface area contributed by atoms with Crippen LogP contribution in [-0.4, -0.2) is 11.9 Å². The average Bonchev–Trinajstić information content (AvgIpc) is 1.89. The molecule has 12 heavy (non-hydrogen) atoms. The zero-order valence-electron chi connectivity index (χ0n) is 8.05. The van der Waals surface area contributed by atoms with E-state index in [-0.39, 0.29) is 116 Å². The molecule has 0 unspecified atom stereocenters. The van der Waals surface area contributed by atoms with Crippen LogP contribution in [0.4, 0.5) is 0 Å². The smallest absolute Gasteiger partial charge is 0.550 e. The molecule has 0 N–H and O–H groups in total. The van der Waals surface area contributed by atoms with Crippen LogP contribution in [0.3, 0.4) is 0 Å². The van der Waals surface area contributed by atoms with Gasteiger partial charge in [0.15, 0.2) is 0 Å². The average molecular weight is 224 g/mol. The van der Waals surface area contributed by atoms with Gasteiger partial charge in [-0.05, 0) is 12.8 Å². The molecule has 0 amide bonds. The molecule has 0 aliphatic rings. The summed E-state index contributed by atoms with van der Waals surface area (Å²) in [7, 11) is 0. The van der Waals surface area contributed by atoms with Gasteiger partial charge in [0.05, 0.1) is 0 Å². The number of hydrogen-bond donors (Lipinski definition) is 0. The van der Waals surface area contributed by atoms with Gasteiger partial charge >= 0.3 is 103 Å². The molecular formula is C6H10K2O4. The molecule has 0 bridgehead atoms. The molecule has 0 saturated heterocycles. The van der Waals surface area contributed by atoms with E-state index < -0.39 is 11.9 Å². The van der Waals surface area contributed by atoms with Gasteiger partial charge in [-0.15, -0.1) is 0 Å². The first kappa shape index (κ1) is 23.8. The normalized spacial score (nSPS) is 6.17. The predicted molar refractivity (Wildman–Crippen MR) is 30.6 cm³/mol. The maximum absolute atomic E-state index is 9.26. The van der Waals surface area contributed by atoms with Gasteiger partial charge in [0.1, 0.15) is 0 Å². The van der Waals surface area contributed by atoms with Crippen molar-refractivity contribution in [3.8, 4) is 0 Å². The second-order valence-electron chi connectivity index (χ2n) is 1.45. The van der Waals surface area contributed by atoms with E-state index in [1.807, 2.05) is 0 Å². The van der Waals surface area contributed by atoms with Gasteiger partial charge in [-0.1, -0.05) is 13.8 Å². The van der Waals surface area contributed by atoms with Crippen molar-refractivity contribution in [1.29, 1.82) is 0 Å². The summed E-state index contributed by atoms with van der Waals surface area (Å²) in [6, 6.07) is 0. The minimum Gasteiger partial charge on any atom is -0.550 e. The van der Waals surface area contributed by atoms with Crippen LogP contribution in [0.1, 0.15) is 26.7 Å². The molecular weight excluding hydrogens is 214 g/mol. The van der Waals surface area contributed by atoms with Crippen LogP contribution in [0.5, 0.6) is 0 Å². The van der Waals surface area contributed by atoms with E-state index in [2.05, 4.69) is 0 Å². The summed E-state index contributed by atoms with van der Waals surface area (Å²) < 4.78 is 0. The van der Waals surface area contributed by atoms with Crippen molar-refractivity contribution in [2.24, 2.45) is 0 Å². The van der Waals surface area contributed by atoms with Crippen LogP contribution >= 0.6 is 0 Å². The third-order valence-electron chi connectivity index (χ3n) is 0.577. The van der Waals surface area contributed by atoms with Crippen LogP contribution in [0, 0.1) is 0 Å². The largest absolute Gasteiger partial charge is 1.00 e. The molecule has 0 saturated carbocycles. The summed E-state index contributed by atoms with van der Waals surface area (Å²) >= 11 is 0. The van der Waals surface area contributed by atoms with Gasteiger partial charge < -0.3 is 19.8 Å². The Hall–Kier alpha value is 2.21. The van der Waals surface area contributed by atoms with Crippen LogP contribution in [-0.2, 0) is 9.59 Å². The first-order valence-corrected chi connectivity index (χ1v) is 2.94. The molecule has 0 aromatic rings. The van der Waals surface area contributed by atoms with Crippen LogP contribution in [0.15, 0.2) is 0 Å². The fourth-order valence-corrected chi connectivity index (χ4v) is 0. The Morgan fingerprint density at radius 2 is 1.00 bits per heavy atom. The number of carboxylic acid groups (broad SMARTS) is 2. The quantitative estimate of drug-likeness (QED) is 0.436. The standard InChI is InChI=1S/2C3H6O2.2K/c2*1-2-3(4)5;;/h2*2H2,1H3,(H,4,5);;/q;;2*+1/p-2. The molecule has 4 nitrogen and oxygen atoms in total. The number of carboxylic acids is 2. The summed E-state index contributed by atoms with van der Waals surface area (Å²) in [5, 5.41) is 18.5. The zero-order valence-corrected chi connectivity index (χ0v) is 14.3. The third kappa shape index (κ3) is 39.8. The maximum Gasteiger partial charge on any atom is 1.00 e. The molecule has 0 spiro atoms. The molecule has 6 heteroatoms. The van der Waals surface area contributed by atoms with Crippen molar-refractivity contribution in [2.75, 3.05) is 0 Å². The molecule has 0 aromatic heterocycles. The van der Waals surface area contributed by atoms with Crippen molar-refractivity contribution < 1.29 is 123 Å². The van der Waals surface area contributed by atoms with E-state index >= 15 is 0 Å². The molecule has 60 valence electrons. The van der Waals surface area contributed by atoms with E-state index in [1.54, 1.807) is 0 Å². The van der Waals surface area contributed by atoms with Crippen molar-refractivity contribution in [1.82, 2.24) is 0 Å². The van der Waals surface area contributed by atoms with E-state index in [4.69, 9.17) is 0 Å². The Labute approximate surface area is 157 Å². The zero-order chi connectivity index (χ0) is 8.57. The van der Waals surface area contributed by atoms with Gasteiger partial charge in [0, 0.05) is 11.9 Å². The monoisotopic (exact) mass is 224 g/mol. The topological polar surface area (TPSA) is 80.3 Å². The Balaban J connectivity index is -0.0000000457. The molecule has 0 aliphatic carbocycles. The Bertz CT molecular complexity index is 102. The van der Waals surface area contributed by atoms with E-state index in [0.29, 0.717) is 0 Å². The fourth-order valence-electron chi connectivity index (χ4n) is 0. The van der Waals surface area contributed by atoms with Crippen LogP contribution in [0.2, 0.25) is 0 Å². The number of aliphatic carboxylic acids is 2. The van der Waals surface area contributed by atoms with Gasteiger partial charge in [-0.3, -0.25) is 0 Å². The molecule has 0 radical (unpaired) electrons. The molecule has 0 heterocycles. The van der Waals surface area contributed by atoms with Crippen molar-refractivity contribution >= 4 is 11.9 Å². The Morgan fingerprint density at radius 1 is 0.917 bits per heavy atom. The first-order valence-electron chi connectivity index (χ1n) is 2.94. The first-order chi connectivity index (χ1) is 4.54. The Morgan fingerprint density at radius 3 is 1.00 bits per heavy atom. The maximum atomic E-state index is 9.26. The van der Waals surface area contributed by atoms with E-state index in [0.717, 1.165) is 0 Å². The van der Waals surface area contributed by atoms with E-state index in [9.17, 15) is 19.8 Å². The Kier molecular flexibility index (Phi) is 37.5. The molecule has 0 rings (SSSR count). The van der Waals surface area contributed by atoms with E-state index in [1.165, 1.54) is 13.8 Å². The van der Waals surface area contributed by atoms with Crippen molar-refractivity contribution in [2.45, 2.75) is 26.7 Å². The van der Waals surface area contributed by atoms with Crippen LogP contribution < -0.4 is 113 Å².